The third kappa shape index (κ3) is 7.95. The first-order chi connectivity index (χ1) is 14.0. The zero-order valence-corrected chi connectivity index (χ0v) is 16.6. The molecule has 0 aliphatic rings. The van der Waals surface area contributed by atoms with Crippen LogP contribution in [0.4, 0.5) is 8.78 Å². The highest BCUT2D eigenvalue weighted by Crippen LogP contribution is 2.26. The maximum Gasteiger partial charge on any atom is 0.387 e. The van der Waals surface area contributed by atoms with Crippen molar-refractivity contribution in [3.8, 4) is 11.5 Å². The Hall–Kier alpha value is -2.87. The molecule has 0 saturated carbocycles. The van der Waals surface area contributed by atoms with Crippen molar-refractivity contribution in [3.63, 3.8) is 0 Å². The van der Waals surface area contributed by atoms with E-state index in [1.54, 1.807) is 12.1 Å². The van der Waals surface area contributed by atoms with Gasteiger partial charge >= 0.3 is 6.61 Å². The predicted octanol–water partition coefficient (Wildman–Crippen LogP) is 2.96. The second-order valence-corrected chi connectivity index (χ2v) is 6.27. The molecule has 0 aliphatic carbocycles. The number of ether oxygens (including phenoxy) is 2. The standard InChI is InChI=1S/C21H27F2N3O3/c1-3-24-21(26-14-17(27)11-15-7-5-4-6-8-15)25-13-16-12-18(28-2)9-10-19(16)29-20(22)23/h4-10,12,17,20,27H,3,11,13-14H2,1-2H3,(H2,24,25,26). The van der Waals surface area contributed by atoms with Crippen molar-refractivity contribution in [3.05, 3.63) is 59.7 Å². The molecule has 6 nitrogen and oxygen atoms in total. The Kier molecular flexibility index (Phi) is 9.17. The van der Waals surface area contributed by atoms with Crippen molar-refractivity contribution < 1.29 is 23.4 Å². The fourth-order valence-corrected chi connectivity index (χ4v) is 2.70. The topological polar surface area (TPSA) is 75.1 Å². The van der Waals surface area contributed by atoms with Crippen LogP contribution < -0.4 is 20.1 Å². The third-order valence-corrected chi connectivity index (χ3v) is 4.05. The second-order valence-electron chi connectivity index (χ2n) is 6.27. The summed E-state index contributed by atoms with van der Waals surface area (Å²) in [5, 5.41) is 16.4. The van der Waals surface area contributed by atoms with Gasteiger partial charge in [-0.1, -0.05) is 30.3 Å². The van der Waals surface area contributed by atoms with Gasteiger partial charge in [0.1, 0.15) is 11.5 Å². The maximum absolute atomic E-state index is 12.6. The number of alkyl halides is 2. The average molecular weight is 407 g/mol. The Morgan fingerprint density at radius 2 is 1.90 bits per heavy atom. The summed E-state index contributed by atoms with van der Waals surface area (Å²) in [6.45, 7) is -0.0125. The van der Waals surface area contributed by atoms with Crippen LogP contribution in [0.2, 0.25) is 0 Å². The Bertz CT molecular complexity index is 773. The van der Waals surface area contributed by atoms with E-state index in [1.165, 1.54) is 13.2 Å². The normalized spacial score (nSPS) is 12.6. The minimum absolute atomic E-state index is 0.0458. The summed E-state index contributed by atoms with van der Waals surface area (Å²) >= 11 is 0. The van der Waals surface area contributed by atoms with E-state index < -0.39 is 12.7 Å². The van der Waals surface area contributed by atoms with Crippen LogP contribution in [-0.4, -0.2) is 44.0 Å². The molecule has 0 spiro atoms. The second kappa shape index (κ2) is 11.9. The van der Waals surface area contributed by atoms with Crippen molar-refractivity contribution >= 4 is 5.96 Å². The molecule has 2 aromatic rings. The summed E-state index contributed by atoms with van der Waals surface area (Å²) < 4.78 is 35.0. The highest BCUT2D eigenvalue weighted by Gasteiger charge is 2.12. The van der Waals surface area contributed by atoms with Gasteiger partial charge in [0.15, 0.2) is 5.96 Å². The summed E-state index contributed by atoms with van der Waals surface area (Å²) in [5.74, 6) is 1.03. The van der Waals surface area contributed by atoms with E-state index in [0.29, 0.717) is 36.8 Å². The van der Waals surface area contributed by atoms with Gasteiger partial charge in [-0.05, 0) is 30.7 Å². The van der Waals surface area contributed by atoms with Crippen LogP contribution in [0, 0.1) is 0 Å². The number of guanidine groups is 1. The Morgan fingerprint density at radius 1 is 1.14 bits per heavy atom. The number of nitrogens with zero attached hydrogens (tertiary/aromatic N) is 1. The fourth-order valence-electron chi connectivity index (χ4n) is 2.70. The van der Waals surface area contributed by atoms with Crippen molar-refractivity contribution in [2.24, 2.45) is 4.99 Å². The molecule has 1 atom stereocenters. The number of nitrogens with one attached hydrogen (secondary N) is 2. The van der Waals surface area contributed by atoms with Gasteiger partial charge in [-0.3, -0.25) is 0 Å². The van der Waals surface area contributed by atoms with E-state index in [1.807, 2.05) is 37.3 Å². The zero-order chi connectivity index (χ0) is 21.1. The van der Waals surface area contributed by atoms with E-state index in [0.717, 1.165) is 5.56 Å². The molecule has 0 saturated heterocycles. The van der Waals surface area contributed by atoms with Crippen LogP contribution in [-0.2, 0) is 13.0 Å². The lowest BCUT2D eigenvalue weighted by Gasteiger charge is -2.16. The first kappa shape index (κ1) is 22.4. The maximum atomic E-state index is 12.6. The molecular formula is C21H27F2N3O3. The molecule has 1 unspecified atom stereocenters. The molecule has 0 amide bonds. The number of benzene rings is 2. The van der Waals surface area contributed by atoms with E-state index in [-0.39, 0.29) is 12.3 Å². The number of hydrogen-bond acceptors (Lipinski definition) is 4. The molecule has 0 heterocycles. The fraction of sp³-hybridized carbons (Fsp3) is 0.381. The molecule has 2 rings (SSSR count). The molecule has 8 heteroatoms. The summed E-state index contributed by atoms with van der Waals surface area (Å²) in [5.41, 5.74) is 1.50. The third-order valence-electron chi connectivity index (χ3n) is 4.05. The summed E-state index contributed by atoms with van der Waals surface area (Å²) in [6.07, 6.45) is -0.0917. The summed E-state index contributed by atoms with van der Waals surface area (Å²) in [7, 11) is 1.50. The van der Waals surface area contributed by atoms with Crippen LogP contribution >= 0.6 is 0 Å². The van der Waals surface area contributed by atoms with Crippen LogP contribution in [0.5, 0.6) is 11.5 Å². The molecule has 0 fully saturated rings. The highest BCUT2D eigenvalue weighted by molar-refractivity contribution is 5.79. The van der Waals surface area contributed by atoms with E-state index in [4.69, 9.17) is 4.74 Å². The van der Waals surface area contributed by atoms with E-state index in [2.05, 4.69) is 20.4 Å². The number of aliphatic imine (C=N–C) groups is 1. The zero-order valence-electron chi connectivity index (χ0n) is 16.6. The molecule has 158 valence electrons. The smallest absolute Gasteiger partial charge is 0.387 e. The Labute approximate surface area is 169 Å². The number of aliphatic hydroxyl groups is 1. The quantitative estimate of drug-likeness (QED) is 0.417. The lowest BCUT2D eigenvalue weighted by Crippen LogP contribution is -2.41. The van der Waals surface area contributed by atoms with Crippen molar-refractivity contribution in [1.82, 2.24) is 10.6 Å². The predicted molar refractivity (Wildman–Crippen MR) is 109 cm³/mol. The first-order valence-corrected chi connectivity index (χ1v) is 9.37. The van der Waals surface area contributed by atoms with Gasteiger partial charge in [0.2, 0.25) is 0 Å². The highest BCUT2D eigenvalue weighted by atomic mass is 19.3. The largest absolute Gasteiger partial charge is 0.497 e. The monoisotopic (exact) mass is 407 g/mol. The number of halogens is 2. The average Bonchev–Trinajstić information content (AvgIpc) is 2.71. The van der Waals surface area contributed by atoms with Gasteiger partial charge in [-0.25, -0.2) is 4.99 Å². The van der Waals surface area contributed by atoms with Gasteiger partial charge in [0.05, 0.1) is 19.8 Å². The molecule has 0 radical (unpaired) electrons. The minimum atomic E-state index is -2.93. The number of aliphatic hydroxyl groups excluding tert-OH is 1. The number of hydrogen-bond donors (Lipinski definition) is 3. The number of methoxy groups -OCH3 is 1. The lowest BCUT2D eigenvalue weighted by atomic mass is 10.1. The van der Waals surface area contributed by atoms with Crippen LogP contribution in [0.15, 0.2) is 53.5 Å². The van der Waals surface area contributed by atoms with Crippen LogP contribution in [0.3, 0.4) is 0 Å². The van der Waals surface area contributed by atoms with Crippen molar-refractivity contribution in [1.29, 1.82) is 0 Å². The van der Waals surface area contributed by atoms with Crippen LogP contribution in [0.1, 0.15) is 18.1 Å². The number of rotatable bonds is 10. The Morgan fingerprint density at radius 3 is 2.55 bits per heavy atom. The molecule has 29 heavy (non-hydrogen) atoms. The summed E-state index contributed by atoms with van der Waals surface area (Å²) in [4.78, 5) is 4.41. The SMILES string of the molecule is CCNC(=NCc1cc(OC)ccc1OC(F)F)NCC(O)Cc1ccccc1. The molecule has 0 aromatic heterocycles. The molecule has 0 bridgehead atoms. The van der Waals surface area contributed by atoms with E-state index >= 15 is 0 Å². The lowest BCUT2D eigenvalue weighted by molar-refractivity contribution is -0.0504. The molecule has 0 aliphatic heterocycles. The van der Waals surface area contributed by atoms with Crippen molar-refractivity contribution in [2.75, 3.05) is 20.2 Å². The first-order valence-electron chi connectivity index (χ1n) is 9.37. The van der Waals surface area contributed by atoms with Gasteiger partial charge < -0.3 is 25.2 Å². The molecule has 2 aromatic carbocycles. The molecule has 3 N–H and O–H groups in total. The van der Waals surface area contributed by atoms with Crippen LogP contribution in [0.25, 0.3) is 0 Å². The summed E-state index contributed by atoms with van der Waals surface area (Å²) in [6, 6.07) is 14.3. The van der Waals surface area contributed by atoms with E-state index in [9.17, 15) is 13.9 Å². The minimum Gasteiger partial charge on any atom is -0.497 e. The van der Waals surface area contributed by atoms with Gasteiger partial charge in [-0.2, -0.15) is 8.78 Å². The van der Waals surface area contributed by atoms with Crippen molar-refractivity contribution in [2.45, 2.75) is 32.6 Å². The van der Waals surface area contributed by atoms with Gasteiger partial charge in [0.25, 0.3) is 0 Å². The Balaban J connectivity index is 2.02. The van der Waals surface area contributed by atoms with Gasteiger partial charge in [0, 0.05) is 25.1 Å². The van der Waals surface area contributed by atoms with Gasteiger partial charge in [-0.15, -0.1) is 0 Å². The molecular weight excluding hydrogens is 380 g/mol.